The van der Waals surface area contributed by atoms with Gasteiger partial charge in [-0.3, -0.25) is 9.69 Å². The Hall–Kier alpha value is -1.12. The first-order valence-electron chi connectivity index (χ1n) is 4.84. The highest BCUT2D eigenvalue weighted by atomic mass is 16.2. The van der Waals surface area contributed by atoms with Gasteiger partial charge in [-0.05, 0) is 19.4 Å². The van der Waals surface area contributed by atoms with Crippen LogP contribution in [0.5, 0.6) is 0 Å². The lowest BCUT2D eigenvalue weighted by atomic mass is 10.1. The number of carbonyl (C=O) groups excluding carboxylic acids is 1. The van der Waals surface area contributed by atoms with E-state index in [4.69, 9.17) is 11.0 Å². The number of piperidine rings is 1. The molecule has 1 aliphatic rings. The van der Waals surface area contributed by atoms with Crippen LogP contribution in [0.15, 0.2) is 0 Å². The van der Waals surface area contributed by atoms with Crippen molar-refractivity contribution in [3.63, 3.8) is 0 Å². The smallest absolute Gasteiger partial charge is 0.235 e. The van der Waals surface area contributed by atoms with E-state index in [0.717, 1.165) is 25.9 Å². The minimum absolute atomic E-state index is 0.0821. The molecule has 1 atom stereocenters. The second-order valence-electron chi connectivity index (χ2n) is 3.57. The van der Waals surface area contributed by atoms with Gasteiger partial charge in [-0.2, -0.15) is 5.26 Å². The lowest BCUT2D eigenvalue weighted by Crippen LogP contribution is -2.46. The number of hydrogen-bond acceptors (Lipinski definition) is 4. The number of carbonyl (C=O) groups is 1. The van der Waals surface area contributed by atoms with Gasteiger partial charge < -0.3 is 11.1 Å². The van der Waals surface area contributed by atoms with Gasteiger partial charge in [0.1, 0.15) is 6.54 Å². The fourth-order valence-corrected chi connectivity index (χ4v) is 1.63. The Bertz CT molecular complexity index is 235. The number of hydrogen-bond donors (Lipinski definition) is 2. The molecule has 0 saturated carbocycles. The van der Waals surface area contributed by atoms with Gasteiger partial charge in [-0.1, -0.05) is 0 Å². The Morgan fingerprint density at radius 2 is 2.50 bits per heavy atom. The molecule has 0 aromatic heterocycles. The van der Waals surface area contributed by atoms with Gasteiger partial charge >= 0.3 is 0 Å². The largest absolute Gasteiger partial charge is 0.342 e. The molecule has 0 aromatic carbocycles. The van der Waals surface area contributed by atoms with Gasteiger partial charge in [-0.25, -0.2) is 0 Å². The summed E-state index contributed by atoms with van der Waals surface area (Å²) in [5, 5.41) is 10.8. The maximum atomic E-state index is 11.2. The third kappa shape index (κ3) is 3.73. The van der Waals surface area contributed by atoms with Crippen molar-refractivity contribution in [2.45, 2.75) is 18.9 Å². The molecule has 1 aliphatic heterocycles. The number of rotatable bonds is 3. The molecule has 1 rings (SSSR count). The van der Waals surface area contributed by atoms with Crippen LogP contribution in [0.3, 0.4) is 0 Å². The van der Waals surface area contributed by atoms with Crippen LogP contribution in [0.1, 0.15) is 12.8 Å². The summed E-state index contributed by atoms with van der Waals surface area (Å²) in [6.07, 6.45) is 2.09. The zero-order valence-electron chi connectivity index (χ0n) is 8.20. The summed E-state index contributed by atoms with van der Waals surface area (Å²) in [5.74, 6) is -0.0966. The third-order valence-corrected chi connectivity index (χ3v) is 2.27. The van der Waals surface area contributed by atoms with Crippen LogP contribution < -0.4 is 11.1 Å². The van der Waals surface area contributed by atoms with E-state index in [2.05, 4.69) is 5.32 Å². The topological polar surface area (TPSA) is 82.2 Å². The van der Waals surface area contributed by atoms with E-state index in [1.54, 1.807) is 0 Å². The average Bonchev–Trinajstić information content (AvgIpc) is 2.15. The molecule has 1 amide bonds. The van der Waals surface area contributed by atoms with E-state index < -0.39 is 0 Å². The number of nitrogens with one attached hydrogen (secondary N) is 1. The molecule has 0 bridgehead atoms. The standard InChI is InChI=1S/C9H16N4O/c10-3-4-12-9(14)7-13-5-1-2-8(11)6-13/h8H,1-2,4-7,11H2,(H,12,14). The summed E-state index contributed by atoms with van der Waals surface area (Å²) >= 11 is 0. The summed E-state index contributed by atoms with van der Waals surface area (Å²) in [7, 11) is 0. The van der Waals surface area contributed by atoms with E-state index in [1.165, 1.54) is 0 Å². The fourth-order valence-electron chi connectivity index (χ4n) is 1.63. The van der Waals surface area contributed by atoms with E-state index in [1.807, 2.05) is 11.0 Å². The van der Waals surface area contributed by atoms with Gasteiger partial charge in [0.15, 0.2) is 0 Å². The molecule has 0 aromatic rings. The maximum Gasteiger partial charge on any atom is 0.235 e. The molecule has 0 spiro atoms. The molecule has 5 nitrogen and oxygen atoms in total. The molecular weight excluding hydrogens is 180 g/mol. The second kappa shape index (κ2) is 5.58. The Balaban J connectivity index is 2.22. The molecular formula is C9H16N4O. The lowest BCUT2D eigenvalue weighted by Gasteiger charge is -2.29. The molecule has 1 unspecified atom stereocenters. The predicted molar refractivity (Wildman–Crippen MR) is 52.3 cm³/mol. The molecule has 78 valence electrons. The van der Waals surface area contributed by atoms with Crippen molar-refractivity contribution in [3.8, 4) is 6.07 Å². The zero-order chi connectivity index (χ0) is 10.4. The van der Waals surface area contributed by atoms with Gasteiger partial charge in [0, 0.05) is 12.6 Å². The molecule has 1 saturated heterocycles. The van der Waals surface area contributed by atoms with Gasteiger partial charge in [-0.15, -0.1) is 0 Å². The van der Waals surface area contributed by atoms with Crippen LogP contribution in [0, 0.1) is 11.3 Å². The highest BCUT2D eigenvalue weighted by Gasteiger charge is 2.18. The summed E-state index contributed by atoms with van der Waals surface area (Å²) in [4.78, 5) is 13.3. The monoisotopic (exact) mass is 196 g/mol. The van der Waals surface area contributed by atoms with Crippen molar-refractivity contribution in [1.29, 1.82) is 5.26 Å². The van der Waals surface area contributed by atoms with Crippen molar-refractivity contribution < 1.29 is 4.79 Å². The van der Waals surface area contributed by atoms with Crippen molar-refractivity contribution in [3.05, 3.63) is 0 Å². The van der Waals surface area contributed by atoms with Crippen LogP contribution in [0.2, 0.25) is 0 Å². The van der Waals surface area contributed by atoms with Gasteiger partial charge in [0.05, 0.1) is 12.6 Å². The molecule has 1 fully saturated rings. The summed E-state index contributed by atoms with van der Waals surface area (Å²) in [6, 6.07) is 2.06. The minimum atomic E-state index is -0.0966. The number of amides is 1. The van der Waals surface area contributed by atoms with Crippen molar-refractivity contribution in [2.75, 3.05) is 26.2 Å². The average molecular weight is 196 g/mol. The van der Waals surface area contributed by atoms with Gasteiger partial charge in [0.2, 0.25) is 5.91 Å². The quantitative estimate of drug-likeness (QED) is 0.570. The Morgan fingerprint density at radius 3 is 3.14 bits per heavy atom. The SMILES string of the molecule is N#CCNC(=O)CN1CCCC(N)C1. The predicted octanol–water partition coefficient (Wildman–Crippen LogP) is -0.951. The lowest BCUT2D eigenvalue weighted by molar-refractivity contribution is -0.122. The molecule has 1 heterocycles. The number of nitrogens with zero attached hydrogens (tertiary/aromatic N) is 2. The van der Waals surface area contributed by atoms with E-state index >= 15 is 0 Å². The van der Waals surface area contributed by atoms with Crippen LogP contribution >= 0.6 is 0 Å². The van der Waals surface area contributed by atoms with Crippen molar-refractivity contribution in [2.24, 2.45) is 5.73 Å². The summed E-state index contributed by atoms with van der Waals surface area (Å²) < 4.78 is 0. The summed E-state index contributed by atoms with van der Waals surface area (Å²) in [6.45, 7) is 2.14. The fraction of sp³-hybridized carbons (Fsp3) is 0.778. The van der Waals surface area contributed by atoms with E-state index in [-0.39, 0.29) is 18.5 Å². The van der Waals surface area contributed by atoms with E-state index in [0.29, 0.717) is 6.54 Å². The highest BCUT2D eigenvalue weighted by Crippen LogP contribution is 2.06. The Labute approximate surface area is 83.9 Å². The van der Waals surface area contributed by atoms with Crippen LogP contribution in [-0.4, -0.2) is 43.0 Å². The molecule has 3 N–H and O–H groups in total. The maximum absolute atomic E-state index is 11.2. The first-order chi connectivity index (χ1) is 6.72. The first-order valence-corrected chi connectivity index (χ1v) is 4.84. The third-order valence-electron chi connectivity index (χ3n) is 2.27. The van der Waals surface area contributed by atoms with E-state index in [9.17, 15) is 4.79 Å². The minimum Gasteiger partial charge on any atom is -0.342 e. The summed E-state index contributed by atoms with van der Waals surface area (Å²) in [5.41, 5.74) is 5.78. The highest BCUT2D eigenvalue weighted by molar-refractivity contribution is 5.78. The molecule has 0 radical (unpaired) electrons. The second-order valence-corrected chi connectivity index (χ2v) is 3.57. The number of nitrogens with two attached hydrogens (primary N) is 1. The first kappa shape index (κ1) is 11.0. The van der Waals surface area contributed by atoms with Crippen molar-refractivity contribution in [1.82, 2.24) is 10.2 Å². The molecule has 14 heavy (non-hydrogen) atoms. The Morgan fingerprint density at radius 1 is 1.71 bits per heavy atom. The van der Waals surface area contributed by atoms with Crippen molar-refractivity contribution >= 4 is 5.91 Å². The van der Waals surface area contributed by atoms with Crippen LogP contribution in [-0.2, 0) is 4.79 Å². The molecule has 5 heteroatoms. The number of nitriles is 1. The van der Waals surface area contributed by atoms with Crippen LogP contribution in [0.25, 0.3) is 0 Å². The normalized spacial score (nSPS) is 22.7. The molecule has 0 aliphatic carbocycles. The number of likely N-dealkylation sites (tertiary alicyclic amines) is 1. The Kier molecular flexibility index (Phi) is 4.36. The van der Waals surface area contributed by atoms with Gasteiger partial charge in [0.25, 0.3) is 0 Å². The zero-order valence-corrected chi connectivity index (χ0v) is 8.20. The van der Waals surface area contributed by atoms with Crippen LogP contribution in [0.4, 0.5) is 0 Å².